The van der Waals surface area contributed by atoms with Crippen LogP contribution in [0.25, 0.3) is 11.2 Å². The van der Waals surface area contributed by atoms with Gasteiger partial charge in [-0.25, -0.2) is 4.98 Å². The maximum Gasteiger partial charge on any atom is 0.245 e. The van der Waals surface area contributed by atoms with E-state index in [0.29, 0.717) is 24.1 Å². The summed E-state index contributed by atoms with van der Waals surface area (Å²) in [5, 5.41) is 5.18. The molecule has 0 spiro atoms. The number of hydrogen-bond donors (Lipinski definition) is 2. The van der Waals surface area contributed by atoms with E-state index in [4.69, 9.17) is 4.74 Å². The molecular formula is C13H15N5OS. The quantitative estimate of drug-likeness (QED) is 0.729. The predicted octanol–water partition coefficient (Wildman–Crippen LogP) is 2.82. The van der Waals surface area contributed by atoms with Gasteiger partial charge < -0.3 is 15.0 Å². The lowest BCUT2D eigenvalue weighted by Crippen LogP contribution is -2.06. The number of thiophene rings is 1. The van der Waals surface area contributed by atoms with E-state index >= 15 is 0 Å². The second-order valence-electron chi connectivity index (χ2n) is 4.25. The largest absolute Gasteiger partial charge is 0.470 e. The third-order valence-corrected chi connectivity index (χ3v) is 3.57. The highest BCUT2D eigenvalue weighted by Gasteiger charge is 2.11. The third-order valence-electron chi connectivity index (χ3n) is 2.72. The zero-order valence-corrected chi connectivity index (χ0v) is 11.9. The Kier molecular flexibility index (Phi) is 3.78. The molecule has 20 heavy (non-hydrogen) atoms. The second-order valence-corrected chi connectivity index (χ2v) is 5.28. The molecule has 0 radical (unpaired) electrons. The lowest BCUT2D eigenvalue weighted by atomic mass is 10.5. The Hall–Kier alpha value is -2.15. The Morgan fingerprint density at radius 3 is 3.15 bits per heavy atom. The van der Waals surface area contributed by atoms with Crippen LogP contribution in [0.3, 0.4) is 0 Å². The SMILES string of the molecule is CCCNc1nc(OCc2cccs2)c2[nH]cnc2n1. The molecule has 0 saturated carbocycles. The smallest absolute Gasteiger partial charge is 0.245 e. The molecule has 0 saturated heterocycles. The van der Waals surface area contributed by atoms with Crippen molar-refractivity contribution in [1.82, 2.24) is 19.9 Å². The van der Waals surface area contributed by atoms with Gasteiger partial charge in [0.05, 0.1) is 6.33 Å². The summed E-state index contributed by atoms with van der Waals surface area (Å²) in [5.41, 5.74) is 1.34. The Morgan fingerprint density at radius 1 is 1.40 bits per heavy atom. The van der Waals surface area contributed by atoms with Crippen molar-refractivity contribution in [2.45, 2.75) is 20.0 Å². The summed E-state index contributed by atoms with van der Waals surface area (Å²) < 4.78 is 5.79. The van der Waals surface area contributed by atoms with Crippen LogP contribution >= 0.6 is 11.3 Å². The van der Waals surface area contributed by atoms with Crippen molar-refractivity contribution in [3.63, 3.8) is 0 Å². The molecule has 0 unspecified atom stereocenters. The van der Waals surface area contributed by atoms with Gasteiger partial charge in [0, 0.05) is 11.4 Å². The number of aromatic amines is 1. The highest BCUT2D eigenvalue weighted by atomic mass is 32.1. The minimum atomic E-state index is 0.496. The molecule has 0 amide bonds. The number of imidazole rings is 1. The molecule has 0 fully saturated rings. The van der Waals surface area contributed by atoms with Crippen LogP contribution in [0.15, 0.2) is 23.8 Å². The highest BCUT2D eigenvalue weighted by molar-refractivity contribution is 7.09. The summed E-state index contributed by atoms with van der Waals surface area (Å²) in [6.07, 6.45) is 2.61. The Bertz CT molecular complexity index is 679. The number of rotatable bonds is 6. The van der Waals surface area contributed by atoms with Crippen molar-refractivity contribution in [2.75, 3.05) is 11.9 Å². The van der Waals surface area contributed by atoms with E-state index < -0.39 is 0 Å². The molecule has 0 bridgehead atoms. The zero-order chi connectivity index (χ0) is 13.8. The molecule has 0 aliphatic heterocycles. The van der Waals surface area contributed by atoms with E-state index in [9.17, 15) is 0 Å². The molecule has 3 aromatic heterocycles. The molecule has 3 aromatic rings. The Balaban J connectivity index is 1.85. The van der Waals surface area contributed by atoms with Crippen LogP contribution in [-0.2, 0) is 6.61 Å². The fourth-order valence-corrected chi connectivity index (χ4v) is 2.38. The topological polar surface area (TPSA) is 75.7 Å². The van der Waals surface area contributed by atoms with Crippen LogP contribution in [0, 0.1) is 0 Å². The summed E-state index contributed by atoms with van der Waals surface area (Å²) >= 11 is 1.66. The molecular weight excluding hydrogens is 274 g/mol. The first-order chi connectivity index (χ1) is 9.86. The molecule has 3 heterocycles. The Labute approximate surface area is 120 Å². The summed E-state index contributed by atoms with van der Waals surface area (Å²) in [7, 11) is 0. The Morgan fingerprint density at radius 2 is 2.35 bits per heavy atom. The molecule has 3 rings (SSSR count). The number of nitrogens with one attached hydrogen (secondary N) is 2. The van der Waals surface area contributed by atoms with E-state index in [0.717, 1.165) is 23.4 Å². The number of anilines is 1. The molecule has 6 nitrogen and oxygen atoms in total. The van der Waals surface area contributed by atoms with Gasteiger partial charge in [-0.1, -0.05) is 13.0 Å². The number of aromatic nitrogens is 4. The van der Waals surface area contributed by atoms with E-state index in [2.05, 4.69) is 32.2 Å². The highest BCUT2D eigenvalue weighted by Crippen LogP contribution is 2.22. The second kappa shape index (κ2) is 5.87. The van der Waals surface area contributed by atoms with E-state index in [1.807, 2.05) is 17.5 Å². The monoisotopic (exact) mass is 289 g/mol. The standard InChI is InChI=1S/C13H15N5OS/c1-2-5-14-13-17-11-10(15-8-16-11)12(18-13)19-7-9-4-3-6-20-9/h3-4,6,8H,2,5,7H2,1H3,(H2,14,15,16,17,18). The van der Waals surface area contributed by atoms with Gasteiger partial charge in [-0.2, -0.15) is 9.97 Å². The van der Waals surface area contributed by atoms with Crippen LogP contribution in [0.2, 0.25) is 0 Å². The molecule has 7 heteroatoms. The maximum absolute atomic E-state index is 5.79. The van der Waals surface area contributed by atoms with Gasteiger partial charge in [-0.15, -0.1) is 11.3 Å². The van der Waals surface area contributed by atoms with Crippen LogP contribution in [0.5, 0.6) is 5.88 Å². The first kappa shape index (κ1) is 12.9. The molecule has 0 aliphatic carbocycles. The van der Waals surface area contributed by atoms with Gasteiger partial charge in [0.25, 0.3) is 0 Å². The summed E-state index contributed by atoms with van der Waals surface area (Å²) in [5.74, 6) is 1.08. The van der Waals surface area contributed by atoms with Crippen LogP contribution in [-0.4, -0.2) is 26.5 Å². The first-order valence-corrected chi connectivity index (χ1v) is 7.35. The van der Waals surface area contributed by atoms with Gasteiger partial charge in [0.2, 0.25) is 11.8 Å². The van der Waals surface area contributed by atoms with Gasteiger partial charge in [-0.05, 0) is 17.9 Å². The van der Waals surface area contributed by atoms with Crippen LogP contribution in [0.1, 0.15) is 18.2 Å². The zero-order valence-electron chi connectivity index (χ0n) is 11.1. The number of H-pyrrole nitrogens is 1. The minimum absolute atomic E-state index is 0.496. The lowest BCUT2D eigenvalue weighted by molar-refractivity contribution is 0.301. The first-order valence-electron chi connectivity index (χ1n) is 6.47. The van der Waals surface area contributed by atoms with Gasteiger partial charge >= 0.3 is 0 Å². The fourth-order valence-electron chi connectivity index (χ4n) is 1.76. The minimum Gasteiger partial charge on any atom is -0.470 e. The van der Waals surface area contributed by atoms with Crippen molar-refractivity contribution in [3.05, 3.63) is 28.7 Å². The van der Waals surface area contributed by atoms with Crippen molar-refractivity contribution >= 4 is 28.4 Å². The number of ether oxygens (including phenoxy) is 1. The lowest BCUT2D eigenvalue weighted by Gasteiger charge is -2.07. The fraction of sp³-hybridized carbons (Fsp3) is 0.308. The van der Waals surface area contributed by atoms with Crippen molar-refractivity contribution in [1.29, 1.82) is 0 Å². The van der Waals surface area contributed by atoms with Crippen LogP contribution < -0.4 is 10.1 Å². The number of nitrogens with zero attached hydrogens (tertiary/aromatic N) is 3. The summed E-state index contributed by atoms with van der Waals surface area (Å²) in [4.78, 5) is 17.1. The molecule has 104 valence electrons. The van der Waals surface area contributed by atoms with Crippen molar-refractivity contribution < 1.29 is 4.74 Å². The van der Waals surface area contributed by atoms with E-state index in [1.54, 1.807) is 17.7 Å². The van der Waals surface area contributed by atoms with Gasteiger partial charge in [-0.3, -0.25) is 0 Å². The average Bonchev–Trinajstić information content (AvgIpc) is 3.13. The van der Waals surface area contributed by atoms with E-state index in [-0.39, 0.29) is 0 Å². The van der Waals surface area contributed by atoms with Crippen LogP contribution in [0.4, 0.5) is 5.95 Å². The number of fused-ring (bicyclic) bond motifs is 1. The molecule has 0 aliphatic rings. The molecule has 0 atom stereocenters. The van der Waals surface area contributed by atoms with Gasteiger partial charge in [0.1, 0.15) is 12.1 Å². The van der Waals surface area contributed by atoms with Gasteiger partial charge in [0.15, 0.2) is 5.65 Å². The summed E-state index contributed by atoms with van der Waals surface area (Å²) in [6, 6.07) is 4.04. The number of hydrogen-bond acceptors (Lipinski definition) is 6. The van der Waals surface area contributed by atoms with Crippen molar-refractivity contribution in [2.24, 2.45) is 0 Å². The average molecular weight is 289 g/mol. The predicted molar refractivity (Wildman–Crippen MR) is 79.1 cm³/mol. The molecule has 2 N–H and O–H groups in total. The third kappa shape index (κ3) is 2.72. The normalized spacial score (nSPS) is 10.8. The maximum atomic E-state index is 5.79. The molecule has 0 aromatic carbocycles. The summed E-state index contributed by atoms with van der Waals surface area (Å²) in [6.45, 7) is 3.41. The van der Waals surface area contributed by atoms with Crippen molar-refractivity contribution in [3.8, 4) is 5.88 Å². The van der Waals surface area contributed by atoms with E-state index in [1.165, 1.54) is 0 Å².